The van der Waals surface area contributed by atoms with Gasteiger partial charge in [0.25, 0.3) is 0 Å². The van der Waals surface area contributed by atoms with E-state index in [1.165, 1.54) is 43.2 Å². The van der Waals surface area contributed by atoms with Gasteiger partial charge in [-0.2, -0.15) is 0 Å². The van der Waals surface area contributed by atoms with Crippen molar-refractivity contribution in [1.82, 2.24) is 15.0 Å². The fraction of sp³-hybridized carbons (Fsp3) is 0.0213. The molecule has 8 aromatic rings. The number of rotatable bonds is 4. The Bertz CT molecular complexity index is 2670. The van der Waals surface area contributed by atoms with Crippen molar-refractivity contribution in [3.8, 4) is 56.4 Å². The average molecular weight is 681 g/mol. The lowest BCUT2D eigenvalue weighted by Gasteiger charge is -2.39. The molecule has 2 heterocycles. The van der Waals surface area contributed by atoms with Gasteiger partial charge in [0.2, 0.25) is 0 Å². The third-order valence-electron chi connectivity index (χ3n) is 10.2. The first-order chi connectivity index (χ1) is 25.7. The Morgan fingerprint density at radius 3 is 1.50 bits per heavy atom. The molecule has 0 radical (unpaired) electrons. The highest BCUT2D eigenvalue weighted by Gasteiger charge is 2.50. The van der Waals surface area contributed by atoms with Crippen molar-refractivity contribution in [1.29, 1.82) is 0 Å². The van der Waals surface area contributed by atoms with Gasteiger partial charge >= 0.3 is 0 Å². The van der Waals surface area contributed by atoms with Crippen LogP contribution in [0, 0.1) is 6.57 Å². The van der Waals surface area contributed by atoms with Crippen molar-refractivity contribution < 1.29 is 0 Å². The maximum Gasteiger partial charge on any atom is 0.187 e. The van der Waals surface area contributed by atoms with Crippen LogP contribution < -0.4 is 0 Å². The van der Waals surface area contributed by atoms with Gasteiger partial charge in [0, 0.05) is 26.5 Å². The van der Waals surface area contributed by atoms with Crippen molar-refractivity contribution in [3.05, 3.63) is 204 Å². The van der Waals surface area contributed by atoms with Gasteiger partial charge in [-0.1, -0.05) is 163 Å². The molecule has 4 nitrogen and oxygen atoms in total. The summed E-state index contributed by atoms with van der Waals surface area (Å²) in [4.78, 5) is 21.3. The van der Waals surface area contributed by atoms with Crippen LogP contribution in [0.25, 0.3) is 61.3 Å². The summed E-state index contributed by atoms with van der Waals surface area (Å²) in [6, 6.07) is 59.4. The van der Waals surface area contributed by atoms with Crippen LogP contribution in [0.1, 0.15) is 22.3 Å². The second kappa shape index (κ2) is 12.0. The average Bonchev–Trinajstić information content (AvgIpc) is 3.51. The Labute approximate surface area is 306 Å². The molecule has 5 heteroatoms. The molecular formula is C47H28N4S. The molecule has 0 saturated heterocycles. The second-order valence-electron chi connectivity index (χ2n) is 13.1. The monoisotopic (exact) mass is 680 g/mol. The number of fused-ring (bicyclic) bond motifs is 9. The van der Waals surface area contributed by atoms with Crippen molar-refractivity contribution >= 4 is 17.4 Å². The van der Waals surface area contributed by atoms with Crippen LogP contribution in [-0.4, -0.2) is 15.0 Å². The van der Waals surface area contributed by atoms with E-state index in [1.807, 2.05) is 66.4 Å². The zero-order valence-electron chi connectivity index (χ0n) is 27.9. The maximum atomic E-state index is 7.27. The minimum atomic E-state index is -0.430. The van der Waals surface area contributed by atoms with E-state index in [2.05, 4.69) is 120 Å². The summed E-state index contributed by atoms with van der Waals surface area (Å²) in [7, 11) is 0. The molecule has 0 amide bonds. The number of benzene rings is 7. The van der Waals surface area contributed by atoms with Crippen LogP contribution in [0.4, 0.5) is 5.69 Å². The number of hydrogen-bond acceptors (Lipinski definition) is 4. The number of hydrogen-bond donors (Lipinski definition) is 0. The van der Waals surface area contributed by atoms with Crippen LogP contribution in [0.2, 0.25) is 0 Å². The molecule has 242 valence electrons. The second-order valence-corrected chi connectivity index (χ2v) is 14.1. The number of aromatic nitrogens is 3. The van der Waals surface area contributed by atoms with E-state index < -0.39 is 5.41 Å². The minimum absolute atomic E-state index is 0.430. The molecule has 0 bridgehead atoms. The highest BCUT2D eigenvalue weighted by Crippen LogP contribution is 2.62. The predicted molar refractivity (Wildman–Crippen MR) is 209 cm³/mol. The smallest absolute Gasteiger partial charge is 0.187 e. The lowest BCUT2D eigenvalue weighted by molar-refractivity contribution is 0.722. The molecule has 1 spiro atoms. The maximum absolute atomic E-state index is 7.27. The zero-order chi connectivity index (χ0) is 34.6. The van der Waals surface area contributed by atoms with E-state index in [0.29, 0.717) is 23.2 Å². The summed E-state index contributed by atoms with van der Waals surface area (Å²) in [5.41, 5.74) is 12.7. The fourth-order valence-corrected chi connectivity index (χ4v) is 9.08. The molecule has 0 saturated carbocycles. The van der Waals surface area contributed by atoms with Gasteiger partial charge in [0.1, 0.15) is 0 Å². The van der Waals surface area contributed by atoms with Gasteiger partial charge in [0.05, 0.1) is 12.0 Å². The van der Waals surface area contributed by atoms with Gasteiger partial charge in [-0.05, 0) is 62.7 Å². The molecule has 10 rings (SSSR count). The summed E-state index contributed by atoms with van der Waals surface area (Å²) in [5, 5.41) is 0. The summed E-state index contributed by atoms with van der Waals surface area (Å²) in [6.45, 7) is 7.27. The van der Waals surface area contributed by atoms with Crippen LogP contribution >= 0.6 is 11.8 Å². The fourth-order valence-electron chi connectivity index (χ4n) is 7.89. The van der Waals surface area contributed by atoms with Gasteiger partial charge in [-0.15, -0.1) is 0 Å². The highest BCUT2D eigenvalue weighted by atomic mass is 32.2. The topological polar surface area (TPSA) is 43.0 Å². The molecule has 1 aliphatic carbocycles. The minimum Gasteiger partial charge on any atom is -0.238 e. The van der Waals surface area contributed by atoms with E-state index in [-0.39, 0.29) is 0 Å². The van der Waals surface area contributed by atoms with E-state index in [9.17, 15) is 0 Å². The highest BCUT2D eigenvalue weighted by molar-refractivity contribution is 7.99. The van der Waals surface area contributed by atoms with Crippen LogP contribution in [-0.2, 0) is 5.41 Å². The Balaban J connectivity index is 1.14. The van der Waals surface area contributed by atoms with Crippen LogP contribution in [0.3, 0.4) is 0 Å². The summed E-state index contributed by atoms with van der Waals surface area (Å²) in [5.74, 6) is 1.87. The molecule has 1 aromatic heterocycles. The van der Waals surface area contributed by atoms with Gasteiger partial charge in [-0.25, -0.2) is 19.8 Å². The SMILES string of the molecule is [C-]#[N+]c1ccc(-c2ccc(-c3nc(-c4ccccc4)nc(-c4ccc5c(c4)-c4ccccc4C54c5ccccc5Sc5ccccc54)n3)cc2)cc1. The van der Waals surface area contributed by atoms with Gasteiger partial charge < -0.3 is 0 Å². The quantitative estimate of drug-likeness (QED) is 0.174. The molecule has 1 aliphatic heterocycles. The third kappa shape index (κ3) is 4.66. The molecule has 0 N–H and O–H groups in total. The predicted octanol–water partition coefficient (Wildman–Crippen LogP) is 11.9. The van der Waals surface area contributed by atoms with Gasteiger partial charge in [0.15, 0.2) is 23.2 Å². The van der Waals surface area contributed by atoms with E-state index in [4.69, 9.17) is 21.5 Å². The van der Waals surface area contributed by atoms with E-state index >= 15 is 0 Å². The number of nitrogens with zero attached hydrogens (tertiary/aromatic N) is 4. The lowest BCUT2D eigenvalue weighted by atomic mass is 9.67. The zero-order valence-corrected chi connectivity index (χ0v) is 28.7. The van der Waals surface area contributed by atoms with Crippen LogP contribution in [0.15, 0.2) is 180 Å². The molecule has 0 fully saturated rings. The Morgan fingerprint density at radius 2 is 0.865 bits per heavy atom. The molecule has 0 unspecified atom stereocenters. The Morgan fingerprint density at radius 1 is 0.404 bits per heavy atom. The first-order valence-electron chi connectivity index (χ1n) is 17.2. The molecular weight excluding hydrogens is 653 g/mol. The van der Waals surface area contributed by atoms with Gasteiger partial charge in [-0.3, -0.25) is 0 Å². The summed E-state index contributed by atoms with van der Waals surface area (Å²) in [6.07, 6.45) is 0. The van der Waals surface area contributed by atoms with Crippen molar-refractivity contribution in [2.45, 2.75) is 15.2 Å². The van der Waals surface area contributed by atoms with Crippen molar-refractivity contribution in [3.63, 3.8) is 0 Å². The Kier molecular flexibility index (Phi) is 6.99. The standard InChI is InChI=1S/C47H28N4S/c1-48-35-26-23-31(24-27-35)30-19-21-33(22-20-30)45-49-44(32-11-3-2-4-12-32)50-46(51-45)34-25-28-39-37(29-34)36-13-5-6-14-38(36)47(39)40-15-7-9-17-42(40)52-43-18-10-8-16-41(43)47/h2-29H. The largest absolute Gasteiger partial charge is 0.238 e. The first kappa shape index (κ1) is 30.2. The van der Waals surface area contributed by atoms with E-state index in [0.717, 1.165) is 27.8 Å². The molecule has 7 aromatic carbocycles. The van der Waals surface area contributed by atoms with Crippen molar-refractivity contribution in [2.24, 2.45) is 0 Å². The molecule has 2 aliphatic rings. The third-order valence-corrected chi connectivity index (χ3v) is 11.4. The van der Waals surface area contributed by atoms with E-state index in [1.54, 1.807) is 0 Å². The Hall–Kier alpha value is -6.61. The summed E-state index contributed by atoms with van der Waals surface area (Å²) < 4.78 is 0. The van der Waals surface area contributed by atoms with Crippen LogP contribution in [0.5, 0.6) is 0 Å². The lowest BCUT2D eigenvalue weighted by Crippen LogP contribution is -2.31. The first-order valence-corrected chi connectivity index (χ1v) is 18.0. The normalized spacial score (nSPS) is 13.1. The molecule has 0 atom stereocenters. The van der Waals surface area contributed by atoms with Crippen molar-refractivity contribution in [2.75, 3.05) is 0 Å². The molecule has 52 heavy (non-hydrogen) atoms. The summed E-state index contributed by atoms with van der Waals surface area (Å²) >= 11 is 1.86.